The molecule has 0 saturated heterocycles. The molecular formula is C35H38BrN3O4S. The molecule has 0 radical (unpaired) electrons. The van der Waals surface area contributed by atoms with Gasteiger partial charge in [-0.15, -0.1) is 0 Å². The molecule has 1 N–H and O–H groups in total. The van der Waals surface area contributed by atoms with Crippen LogP contribution in [0.2, 0.25) is 0 Å². The van der Waals surface area contributed by atoms with E-state index in [2.05, 4.69) is 21.2 Å². The maximum Gasteiger partial charge on any atom is 0.264 e. The molecule has 0 spiro atoms. The first kappa shape index (κ1) is 33.0. The summed E-state index contributed by atoms with van der Waals surface area (Å²) in [5, 5.41) is 3.01. The van der Waals surface area contributed by atoms with Crippen LogP contribution in [0.3, 0.4) is 0 Å². The van der Waals surface area contributed by atoms with E-state index in [0.717, 1.165) is 25.5 Å². The first-order valence-corrected chi connectivity index (χ1v) is 16.8. The number of carbonyl (C=O) groups excluding carboxylic acids is 2. The van der Waals surface area contributed by atoms with Crippen molar-refractivity contribution < 1.29 is 18.0 Å². The van der Waals surface area contributed by atoms with E-state index in [-0.39, 0.29) is 29.7 Å². The summed E-state index contributed by atoms with van der Waals surface area (Å²) in [6.45, 7) is 5.99. The number of carbonyl (C=O) groups is 2. The monoisotopic (exact) mass is 675 g/mol. The van der Waals surface area contributed by atoms with Gasteiger partial charge in [-0.2, -0.15) is 0 Å². The lowest BCUT2D eigenvalue weighted by molar-refractivity contribution is -0.140. The summed E-state index contributed by atoms with van der Waals surface area (Å²) in [7, 11) is -4.12. The van der Waals surface area contributed by atoms with Crippen LogP contribution in [-0.2, 0) is 32.6 Å². The molecule has 1 unspecified atom stereocenters. The van der Waals surface area contributed by atoms with Crippen molar-refractivity contribution in [1.29, 1.82) is 0 Å². The Hall–Kier alpha value is -3.95. The number of hydrogen-bond acceptors (Lipinski definition) is 4. The third kappa shape index (κ3) is 8.80. The fourth-order valence-corrected chi connectivity index (χ4v) is 6.65. The summed E-state index contributed by atoms with van der Waals surface area (Å²) < 4.78 is 30.0. The second-order valence-electron chi connectivity index (χ2n) is 11.2. The van der Waals surface area contributed by atoms with Gasteiger partial charge in [-0.3, -0.25) is 13.9 Å². The van der Waals surface area contributed by atoms with Crippen molar-refractivity contribution >= 4 is 43.5 Å². The van der Waals surface area contributed by atoms with Crippen LogP contribution in [0, 0.1) is 12.8 Å². The molecule has 0 heterocycles. The molecule has 4 rings (SSSR count). The molecule has 0 aliphatic rings. The Morgan fingerprint density at radius 3 is 2.05 bits per heavy atom. The van der Waals surface area contributed by atoms with Crippen LogP contribution in [0.25, 0.3) is 0 Å². The highest BCUT2D eigenvalue weighted by molar-refractivity contribution is 9.10. The number of hydrogen-bond donors (Lipinski definition) is 1. The van der Waals surface area contributed by atoms with Crippen LogP contribution in [0.4, 0.5) is 5.69 Å². The summed E-state index contributed by atoms with van der Waals surface area (Å²) in [6.07, 6.45) is 0.264. The Morgan fingerprint density at radius 2 is 1.43 bits per heavy atom. The minimum atomic E-state index is -4.12. The molecule has 7 nitrogen and oxygen atoms in total. The maximum absolute atomic E-state index is 14.5. The number of amides is 2. The van der Waals surface area contributed by atoms with Gasteiger partial charge in [-0.25, -0.2) is 8.42 Å². The zero-order valence-corrected chi connectivity index (χ0v) is 27.6. The fraction of sp³-hybridized carbons (Fsp3) is 0.257. The molecule has 9 heteroatoms. The predicted molar refractivity (Wildman–Crippen MR) is 179 cm³/mol. The van der Waals surface area contributed by atoms with Crippen molar-refractivity contribution in [2.75, 3.05) is 17.4 Å². The van der Waals surface area contributed by atoms with E-state index in [1.54, 1.807) is 30.3 Å². The zero-order valence-electron chi connectivity index (χ0n) is 25.2. The van der Waals surface area contributed by atoms with Crippen molar-refractivity contribution in [1.82, 2.24) is 10.2 Å². The lowest BCUT2D eigenvalue weighted by atomic mass is 10.0. The number of nitrogens with zero attached hydrogens (tertiary/aromatic N) is 2. The lowest BCUT2D eigenvalue weighted by Crippen LogP contribution is -2.53. The molecule has 0 fully saturated rings. The van der Waals surface area contributed by atoms with Gasteiger partial charge in [-0.1, -0.05) is 108 Å². The van der Waals surface area contributed by atoms with E-state index in [4.69, 9.17) is 0 Å². The van der Waals surface area contributed by atoms with Crippen LogP contribution < -0.4 is 9.62 Å². The number of nitrogens with one attached hydrogen (secondary N) is 1. The van der Waals surface area contributed by atoms with E-state index in [9.17, 15) is 18.0 Å². The highest BCUT2D eigenvalue weighted by atomic mass is 79.9. The van der Waals surface area contributed by atoms with Gasteiger partial charge >= 0.3 is 0 Å². The highest BCUT2D eigenvalue weighted by Crippen LogP contribution is 2.26. The van der Waals surface area contributed by atoms with Crippen molar-refractivity contribution in [2.24, 2.45) is 5.92 Å². The Morgan fingerprint density at radius 1 is 0.818 bits per heavy atom. The van der Waals surface area contributed by atoms with Gasteiger partial charge in [0, 0.05) is 24.0 Å². The molecule has 0 bridgehead atoms. The third-order valence-corrected chi connectivity index (χ3v) is 9.41. The summed E-state index contributed by atoms with van der Waals surface area (Å²) in [5.41, 5.74) is 3.00. The normalized spacial score (nSPS) is 12.0. The van der Waals surface area contributed by atoms with Gasteiger partial charge in [0.05, 0.1) is 10.6 Å². The summed E-state index contributed by atoms with van der Waals surface area (Å²) in [6, 6.07) is 31.2. The van der Waals surface area contributed by atoms with Gasteiger partial charge in [0.25, 0.3) is 10.0 Å². The largest absolute Gasteiger partial charge is 0.354 e. The topological polar surface area (TPSA) is 86.8 Å². The molecule has 0 aliphatic carbocycles. The number of anilines is 1. The Bertz CT molecular complexity index is 1650. The van der Waals surface area contributed by atoms with E-state index < -0.39 is 28.5 Å². The van der Waals surface area contributed by atoms with Crippen LogP contribution in [0.1, 0.15) is 30.5 Å². The Labute approximate surface area is 269 Å². The molecule has 4 aromatic rings. The summed E-state index contributed by atoms with van der Waals surface area (Å²) in [4.78, 5) is 29.9. The predicted octanol–water partition coefficient (Wildman–Crippen LogP) is 6.37. The van der Waals surface area contributed by atoms with E-state index in [1.807, 2.05) is 87.5 Å². The van der Waals surface area contributed by atoms with Gasteiger partial charge in [-0.05, 0) is 60.4 Å². The van der Waals surface area contributed by atoms with Crippen molar-refractivity contribution in [2.45, 2.75) is 44.7 Å². The van der Waals surface area contributed by atoms with Gasteiger partial charge < -0.3 is 10.2 Å². The second kappa shape index (κ2) is 15.2. The zero-order chi connectivity index (χ0) is 31.7. The first-order valence-electron chi connectivity index (χ1n) is 14.5. The number of benzene rings is 4. The molecular weight excluding hydrogens is 638 g/mol. The lowest BCUT2D eigenvalue weighted by Gasteiger charge is -2.34. The molecule has 0 aliphatic heterocycles. The fourth-order valence-electron chi connectivity index (χ4n) is 4.77. The third-order valence-electron chi connectivity index (χ3n) is 7.13. The van der Waals surface area contributed by atoms with E-state index >= 15 is 0 Å². The quantitative estimate of drug-likeness (QED) is 0.179. The smallest absolute Gasteiger partial charge is 0.264 e. The average Bonchev–Trinajstić information content (AvgIpc) is 3.01. The van der Waals surface area contributed by atoms with Gasteiger partial charge in [0.15, 0.2) is 0 Å². The van der Waals surface area contributed by atoms with Crippen LogP contribution in [-0.4, -0.2) is 44.3 Å². The number of aryl methyl sites for hydroxylation is 1. The minimum absolute atomic E-state index is 0.0717. The van der Waals surface area contributed by atoms with Crippen LogP contribution in [0.5, 0.6) is 0 Å². The minimum Gasteiger partial charge on any atom is -0.354 e. The van der Waals surface area contributed by atoms with Crippen molar-refractivity contribution in [3.05, 3.63) is 130 Å². The molecule has 4 aromatic carbocycles. The SMILES string of the molecule is Cc1ccc(N(CC(=O)N(Cc2cccc(Br)c2)C(Cc2ccccc2)C(=O)NCC(C)C)S(=O)(=O)c2ccccc2)cc1. The maximum atomic E-state index is 14.5. The summed E-state index contributed by atoms with van der Waals surface area (Å²) >= 11 is 3.51. The number of rotatable bonds is 13. The van der Waals surface area contributed by atoms with Gasteiger partial charge in [0.1, 0.15) is 12.6 Å². The standard InChI is InChI=1S/C35H38BrN3O4S/c1-26(2)23-37-35(41)33(22-28-11-6-4-7-12-28)38(24-29-13-10-14-30(36)21-29)34(40)25-39(31-19-17-27(3)18-20-31)44(42,43)32-15-8-5-9-16-32/h4-21,26,33H,22-25H2,1-3H3,(H,37,41). The Balaban J connectivity index is 1.79. The number of halogens is 1. The first-order chi connectivity index (χ1) is 21.0. The van der Waals surface area contributed by atoms with Crippen molar-refractivity contribution in [3.63, 3.8) is 0 Å². The number of sulfonamides is 1. The van der Waals surface area contributed by atoms with Gasteiger partial charge in [0.2, 0.25) is 11.8 Å². The van der Waals surface area contributed by atoms with E-state index in [1.165, 1.54) is 17.0 Å². The highest BCUT2D eigenvalue weighted by Gasteiger charge is 2.34. The molecule has 44 heavy (non-hydrogen) atoms. The molecule has 0 saturated carbocycles. The average molecular weight is 677 g/mol. The van der Waals surface area contributed by atoms with E-state index in [0.29, 0.717) is 12.2 Å². The molecule has 1 atom stereocenters. The Kier molecular flexibility index (Phi) is 11.4. The summed E-state index contributed by atoms with van der Waals surface area (Å²) in [5.74, 6) is -0.581. The molecule has 2 amide bonds. The molecule has 230 valence electrons. The molecule has 0 aromatic heterocycles. The van der Waals surface area contributed by atoms with Crippen molar-refractivity contribution in [3.8, 4) is 0 Å². The van der Waals surface area contributed by atoms with Crippen LogP contribution in [0.15, 0.2) is 119 Å². The second-order valence-corrected chi connectivity index (χ2v) is 13.9. The van der Waals surface area contributed by atoms with Crippen LogP contribution >= 0.6 is 15.9 Å².